The number of amidine groups is 1. The van der Waals surface area contributed by atoms with Crippen molar-refractivity contribution in [3.05, 3.63) is 76.4 Å². The van der Waals surface area contributed by atoms with Crippen molar-refractivity contribution in [3.8, 4) is 0 Å². The Kier molecular flexibility index (Phi) is 7.11. The van der Waals surface area contributed by atoms with Gasteiger partial charge in [-0.05, 0) is 49.9 Å². The average Bonchev–Trinajstić information content (AvgIpc) is 2.51. The Balaban J connectivity index is 0.000000235. The summed E-state index contributed by atoms with van der Waals surface area (Å²) in [6, 6.07) is 14.4. The highest BCUT2D eigenvalue weighted by atomic mass is 14.7. The fraction of sp³-hybridized carbons (Fsp3) is 0.250. The quantitative estimate of drug-likeness (QED) is 0.616. The van der Waals surface area contributed by atoms with Gasteiger partial charge in [-0.1, -0.05) is 61.0 Å². The molecule has 0 aromatic heterocycles. The molecule has 0 amide bonds. The van der Waals surface area contributed by atoms with Crippen molar-refractivity contribution in [2.75, 3.05) is 0 Å². The summed E-state index contributed by atoms with van der Waals surface area (Å²) in [6.45, 7) is 8.29. The first kappa shape index (κ1) is 17.7. The van der Waals surface area contributed by atoms with Crippen LogP contribution in [0.5, 0.6) is 0 Å². The zero-order chi connectivity index (χ0) is 16.5. The molecule has 2 heteroatoms. The molecule has 0 aliphatic heterocycles. The monoisotopic (exact) mass is 294 g/mol. The highest BCUT2D eigenvalue weighted by molar-refractivity contribution is 5.95. The Hall–Kier alpha value is -2.35. The summed E-state index contributed by atoms with van der Waals surface area (Å²) in [6.07, 6.45) is 5.13. The number of nitrogens with one attached hydrogen (secondary N) is 1. The maximum atomic E-state index is 7.29. The fourth-order valence-electron chi connectivity index (χ4n) is 1.99. The highest BCUT2D eigenvalue weighted by Gasteiger charge is 1.99. The molecule has 0 atom stereocenters. The van der Waals surface area contributed by atoms with Crippen molar-refractivity contribution < 1.29 is 0 Å². The first-order valence-electron chi connectivity index (χ1n) is 7.61. The van der Waals surface area contributed by atoms with Crippen LogP contribution in [0.25, 0.3) is 6.08 Å². The van der Waals surface area contributed by atoms with Gasteiger partial charge in [-0.25, -0.2) is 0 Å². The Morgan fingerprint density at radius 2 is 1.73 bits per heavy atom. The topological polar surface area (TPSA) is 49.9 Å². The lowest BCUT2D eigenvalue weighted by atomic mass is 10.0. The van der Waals surface area contributed by atoms with E-state index in [1.54, 1.807) is 0 Å². The van der Waals surface area contributed by atoms with Gasteiger partial charge in [0.2, 0.25) is 0 Å². The van der Waals surface area contributed by atoms with Crippen LogP contribution in [0.3, 0.4) is 0 Å². The van der Waals surface area contributed by atoms with Crippen LogP contribution in [0, 0.1) is 19.3 Å². The molecule has 0 aliphatic rings. The third kappa shape index (κ3) is 5.57. The van der Waals surface area contributed by atoms with Gasteiger partial charge < -0.3 is 5.73 Å². The maximum absolute atomic E-state index is 7.29. The molecule has 0 radical (unpaired) electrons. The number of aryl methyl sites for hydroxylation is 3. The van der Waals surface area contributed by atoms with Crippen LogP contribution < -0.4 is 5.73 Å². The summed E-state index contributed by atoms with van der Waals surface area (Å²) in [5, 5.41) is 7.29. The summed E-state index contributed by atoms with van der Waals surface area (Å²) in [7, 11) is 0. The van der Waals surface area contributed by atoms with Crippen LogP contribution in [-0.2, 0) is 6.42 Å². The van der Waals surface area contributed by atoms with Crippen LogP contribution in [0.1, 0.15) is 41.7 Å². The largest absolute Gasteiger partial charge is 0.384 e. The van der Waals surface area contributed by atoms with Crippen LogP contribution >= 0.6 is 0 Å². The molecule has 2 aromatic carbocycles. The molecule has 0 saturated heterocycles. The molecule has 2 rings (SSSR count). The summed E-state index contributed by atoms with van der Waals surface area (Å²) >= 11 is 0. The minimum atomic E-state index is 0.116. The van der Waals surface area contributed by atoms with Crippen molar-refractivity contribution >= 4 is 11.9 Å². The third-order valence-corrected chi connectivity index (χ3v) is 3.47. The van der Waals surface area contributed by atoms with E-state index < -0.39 is 0 Å². The first-order valence-corrected chi connectivity index (χ1v) is 7.61. The number of hydrogen-bond donors (Lipinski definition) is 2. The molecular formula is C20H26N2. The summed E-state index contributed by atoms with van der Waals surface area (Å²) in [5.74, 6) is 0.116. The lowest BCUT2D eigenvalue weighted by Crippen LogP contribution is -2.11. The van der Waals surface area contributed by atoms with E-state index in [0.29, 0.717) is 0 Å². The second-order valence-corrected chi connectivity index (χ2v) is 5.32. The molecule has 2 aromatic rings. The molecule has 0 unspecified atom stereocenters. The minimum Gasteiger partial charge on any atom is -0.384 e. The SMILES string of the molecule is C/C=C\c1cc(C(=N)N)ccc1C.CCc1ccc(C)cc1. The van der Waals surface area contributed by atoms with E-state index in [1.165, 1.54) is 16.7 Å². The second kappa shape index (κ2) is 8.83. The number of allylic oxidation sites excluding steroid dienone is 1. The van der Waals surface area contributed by atoms with E-state index in [9.17, 15) is 0 Å². The van der Waals surface area contributed by atoms with Crippen LogP contribution in [0.2, 0.25) is 0 Å². The number of benzene rings is 2. The Bertz CT molecular complexity index is 637. The molecule has 0 spiro atoms. The van der Waals surface area contributed by atoms with E-state index in [0.717, 1.165) is 17.5 Å². The van der Waals surface area contributed by atoms with Gasteiger partial charge in [0.25, 0.3) is 0 Å². The highest BCUT2D eigenvalue weighted by Crippen LogP contribution is 2.12. The van der Waals surface area contributed by atoms with Gasteiger partial charge >= 0.3 is 0 Å². The molecule has 116 valence electrons. The van der Waals surface area contributed by atoms with Gasteiger partial charge in [0.15, 0.2) is 0 Å². The number of rotatable bonds is 3. The van der Waals surface area contributed by atoms with Crippen LogP contribution in [-0.4, -0.2) is 5.84 Å². The normalized spacial score (nSPS) is 10.2. The maximum Gasteiger partial charge on any atom is 0.122 e. The van der Waals surface area contributed by atoms with E-state index in [2.05, 4.69) is 38.1 Å². The molecule has 2 nitrogen and oxygen atoms in total. The molecular weight excluding hydrogens is 268 g/mol. The van der Waals surface area contributed by atoms with Crippen LogP contribution in [0.4, 0.5) is 0 Å². The van der Waals surface area contributed by atoms with E-state index in [1.807, 2.05) is 44.2 Å². The lowest BCUT2D eigenvalue weighted by Gasteiger charge is -2.03. The predicted octanol–water partition coefficient (Wildman–Crippen LogP) is 4.87. The Morgan fingerprint density at radius 1 is 1.09 bits per heavy atom. The van der Waals surface area contributed by atoms with Gasteiger partial charge in [0, 0.05) is 5.56 Å². The number of nitrogen functional groups attached to an aromatic ring is 1. The van der Waals surface area contributed by atoms with Gasteiger partial charge in [-0.3, -0.25) is 5.41 Å². The van der Waals surface area contributed by atoms with Gasteiger partial charge in [-0.15, -0.1) is 0 Å². The summed E-state index contributed by atoms with van der Waals surface area (Å²) in [5.41, 5.74) is 11.2. The van der Waals surface area contributed by atoms with Crippen molar-refractivity contribution in [1.29, 1.82) is 5.41 Å². The number of nitrogens with two attached hydrogens (primary N) is 1. The van der Waals surface area contributed by atoms with Crippen molar-refractivity contribution in [3.63, 3.8) is 0 Å². The minimum absolute atomic E-state index is 0.116. The Labute approximate surface area is 134 Å². The molecule has 3 N–H and O–H groups in total. The molecule has 0 fully saturated rings. The third-order valence-electron chi connectivity index (χ3n) is 3.47. The van der Waals surface area contributed by atoms with E-state index >= 15 is 0 Å². The fourth-order valence-corrected chi connectivity index (χ4v) is 1.99. The first-order chi connectivity index (χ1) is 10.5. The molecule has 0 aliphatic carbocycles. The zero-order valence-electron chi connectivity index (χ0n) is 14.0. The predicted molar refractivity (Wildman–Crippen MR) is 97.5 cm³/mol. The standard InChI is InChI=1S/C11H14N2.C9H12/c1-3-4-9-7-10(11(12)13)6-5-8(9)2;1-3-9-6-4-8(2)5-7-9/h3-7H,1-2H3,(H3,12,13);4-7H,3H2,1-2H3/b4-3-;. The van der Waals surface area contributed by atoms with Gasteiger partial charge in [0.05, 0.1) is 0 Å². The smallest absolute Gasteiger partial charge is 0.122 e. The Morgan fingerprint density at radius 3 is 2.23 bits per heavy atom. The molecule has 0 bridgehead atoms. The molecule has 0 heterocycles. The molecule has 22 heavy (non-hydrogen) atoms. The van der Waals surface area contributed by atoms with Crippen LogP contribution in [0.15, 0.2) is 48.5 Å². The zero-order valence-corrected chi connectivity index (χ0v) is 14.0. The van der Waals surface area contributed by atoms with Gasteiger partial charge in [-0.2, -0.15) is 0 Å². The van der Waals surface area contributed by atoms with Crippen molar-refractivity contribution in [2.45, 2.75) is 34.1 Å². The van der Waals surface area contributed by atoms with Crippen molar-refractivity contribution in [1.82, 2.24) is 0 Å². The summed E-state index contributed by atoms with van der Waals surface area (Å²) in [4.78, 5) is 0. The number of hydrogen-bond acceptors (Lipinski definition) is 1. The second-order valence-electron chi connectivity index (χ2n) is 5.32. The van der Waals surface area contributed by atoms with E-state index in [-0.39, 0.29) is 5.84 Å². The average molecular weight is 294 g/mol. The van der Waals surface area contributed by atoms with Crippen molar-refractivity contribution in [2.24, 2.45) is 5.73 Å². The molecule has 0 saturated carbocycles. The lowest BCUT2D eigenvalue weighted by molar-refractivity contribution is 1.14. The summed E-state index contributed by atoms with van der Waals surface area (Å²) < 4.78 is 0. The van der Waals surface area contributed by atoms with E-state index in [4.69, 9.17) is 11.1 Å². The van der Waals surface area contributed by atoms with Gasteiger partial charge in [0.1, 0.15) is 5.84 Å².